The summed E-state index contributed by atoms with van der Waals surface area (Å²) in [6.45, 7) is 2.05. The van der Waals surface area contributed by atoms with Crippen molar-refractivity contribution < 1.29 is 4.79 Å². The van der Waals surface area contributed by atoms with Gasteiger partial charge in [-0.2, -0.15) is 0 Å². The number of hydrogen-bond acceptors (Lipinski definition) is 2. The number of anilines is 1. The van der Waals surface area contributed by atoms with E-state index >= 15 is 0 Å². The molecule has 28 heavy (non-hydrogen) atoms. The van der Waals surface area contributed by atoms with Gasteiger partial charge in [-0.05, 0) is 67.5 Å². The Balaban J connectivity index is 1.67. The minimum Gasteiger partial charge on any atom is -0.371 e. The molecule has 144 valence electrons. The molecule has 1 saturated heterocycles. The minimum atomic E-state index is -0.0145. The van der Waals surface area contributed by atoms with Gasteiger partial charge in [-0.3, -0.25) is 4.79 Å². The van der Waals surface area contributed by atoms with Crippen LogP contribution in [0.3, 0.4) is 0 Å². The number of likely N-dealkylation sites (tertiary alicyclic amines) is 1. The number of rotatable bonds is 4. The highest BCUT2D eigenvalue weighted by molar-refractivity contribution is 6.31. The zero-order chi connectivity index (χ0) is 19.3. The molecule has 0 aromatic heterocycles. The molecular formula is C24H25ClN2O. The minimum absolute atomic E-state index is 0.0145. The lowest BCUT2D eigenvalue weighted by Gasteiger charge is -2.31. The molecule has 2 aromatic rings. The number of piperidine rings is 1. The second-order valence-electron chi connectivity index (χ2n) is 7.42. The molecule has 0 saturated carbocycles. The fourth-order valence-electron chi connectivity index (χ4n) is 4.09. The van der Waals surface area contributed by atoms with Gasteiger partial charge >= 0.3 is 0 Å². The van der Waals surface area contributed by atoms with Crippen LogP contribution in [0.4, 0.5) is 5.69 Å². The Morgan fingerprint density at radius 2 is 1.75 bits per heavy atom. The third-order valence-electron chi connectivity index (χ3n) is 5.40. The first-order chi connectivity index (χ1) is 13.7. The first kappa shape index (κ1) is 18.8. The van der Waals surface area contributed by atoms with Gasteiger partial charge in [0.15, 0.2) is 0 Å². The van der Waals surface area contributed by atoms with Crippen molar-refractivity contribution in [3.05, 3.63) is 82.0 Å². The smallest absolute Gasteiger partial charge is 0.253 e. The number of nitrogens with one attached hydrogen (secondary N) is 1. The van der Waals surface area contributed by atoms with Crippen LogP contribution in [0, 0.1) is 0 Å². The standard InChI is InChI=1S/C24H25ClN2O/c25-20-10-7-11-21(17-20)26-24(28)22-13-12-19(16-18-8-3-1-4-9-18)23(22)27-14-5-2-6-15-27/h1,3-4,7-11,16-17H,2,5-6,12-15H2,(H,26,28). The van der Waals surface area contributed by atoms with Gasteiger partial charge in [0.2, 0.25) is 0 Å². The van der Waals surface area contributed by atoms with Crippen LogP contribution in [-0.2, 0) is 4.79 Å². The molecule has 4 heteroatoms. The van der Waals surface area contributed by atoms with Crippen molar-refractivity contribution in [3.63, 3.8) is 0 Å². The monoisotopic (exact) mass is 392 g/mol. The highest BCUT2D eigenvalue weighted by Crippen LogP contribution is 2.37. The highest BCUT2D eigenvalue weighted by Gasteiger charge is 2.29. The number of halogens is 1. The quantitative estimate of drug-likeness (QED) is 0.702. The number of carbonyl (C=O) groups excluding carboxylic acids is 1. The molecule has 3 nitrogen and oxygen atoms in total. The zero-order valence-corrected chi connectivity index (χ0v) is 16.7. The summed E-state index contributed by atoms with van der Waals surface area (Å²) < 4.78 is 0. The van der Waals surface area contributed by atoms with Crippen LogP contribution in [0.25, 0.3) is 6.08 Å². The van der Waals surface area contributed by atoms with Crippen LogP contribution < -0.4 is 5.32 Å². The normalized spacial score (nSPS) is 18.6. The lowest BCUT2D eigenvalue weighted by molar-refractivity contribution is -0.113. The summed E-state index contributed by atoms with van der Waals surface area (Å²) in [5, 5.41) is 3.67. The largest absolute Gasteiger partial charge is 0.371 e. The van der Waals surface area contributed by atoms with Crippen molar-refractivity contribution in [2.45, 2.75) is 32.1 Å². The Morgan fingerprint density at radius 1 is 0.964 bits per heavy atom. The third-order valence-corrected chi connectivity index (χ3v) is 5.64. The summed E-state index contributed by atoms with van der Waals surface area (Å²) in [4.78, 5) is 15.5. The number of benzene rings is 2. The van der Waals surface area contributed by atoms with Crippen molar-refractivity contribution in [2.24, 2.45) is 0 Å². The number of nitrogens with zero attached hydrogens (tertiary/aromatic N) is 1. The van der Waals surface area contributed by atoms with Crippen LogP contribution in [-0.4, -0.2) is 23.9 Å². The predicted octanol–water partition coefficient (Wildman–Crippen LogP) is 5.90. The molecule has 4 rings (SSSR count). The zero-order valence-electron chi connectivity index (χ0n) is 16.0. The number of hydrogen-bond donors (Lipinski definition) is 1. The SMILES string of the molecule is O=C(Nc1cccc(Cl)c1)C1=C(N2CCCCC2)C(=Cc2ccccc2)CC1. The maximum absolute atomic E-state index is 13.1. The maximum atomic E-state index is 13.1. The molecule has 0 atom stereocenters. The number of allylic oxidation sites excluding steroid dienone is 1. The van der Waals surface area contributed by atoms with Gasteiger partial charge in [0.1, 0.15) is 0 Å². The van der Waals surface area contributed by atoms with Gasteiger partial charge in [-0.25, -0.2) is 0 Å². The molecule has 0 unspecified atom stereocenters. The Bertz CT molecular complexity index is 911. The molecule has 2 aromatic carbocycles. The van der Waals surface area contributed by atoms with E-state index in [1.165, 1.54) is 30.4 Å². The molecular weight excluding hydrogens is 368 g/mol. The van der Waals surface area contributed by atoms with E-state index in [9.17, 15) is 4.79 Å². The molecule has 0 spiro atoms. The highest BCUT2D eigenvalue weighted by atomic mass is 35.5. The third kappa shape index (κ3) is 4.31. The van der Waals surface area contributed by atoms with Crippen molar-refractivity contribution in [3.8, 4) is 0 Å². The van der Waals surface area contributed by atoms with E-state index in [-0.39, 0.29) is 5.91 Å². The Kier molecular flexibility index (Phi) is 5.82. The van der Waals surface area contributed by atoms with E-state index in [2.05, 4.69) is 40.6 Å². The Hall–Kier alpha value is -2.52. The van der Waals surface area contributed by atoms with Gasteiger partial charge in [0, 0.05) is 35.1 Å². The summed E-state index contributed by atoms with van der Waals surface area (Å²) in [7, 11) is 0. The lowest BCUT2D eigenvalue weighted by Crippen LogP contribution is -2.31. The van der Waals surface area contributed by atoms with E-state index in [1.54, 1.807) is 6.07 Å². The van der Waals surface area contributed by atoms with E-state index < -0.39 is 0 Å². The molecule has 1 N–H and O–H groups in total. The summed E-state index contributed by atoms with van der Waals surface area (Å²) >= 11 is 6.07. The molecule has 1 fully saturated rings. The fourth-order valence-corrected chi connectivity index (χ4v) is 4.28. The van der Waals surface area contributed by atoms with E-state index in [0.29, 0.717) is 5.02 Å². The Morgan fingerprint density at radius 3 is 2.50 bits per heavy atom. The van der Waals surface area contributed by atoms with Gasteiger partial charge in [-0.1, -0.05) is 48.0 Å². The average molecular weight is 393 g/mol. The first-order valence-corrected chi connectivity index (χ1v) is 10.4. The van der Waals surface area contributed by atoms with Crippen LogP contribution in [0.1, 0.15) is 37.7 Å². The average Bonchev–Trinajstić information content (AvgIpc) is 3.13. The predicted molar refractivity (Wildman–Crippen MR) is 116 cm³/mol. The number of amides is 1. The Labute approximate surface area is 171 Å². The lowest BCUT2D eigenvalue weighted by atomic mass is 10.0. The van der Waals surface area contributed by atoms with Crippen LogP contribution in [0.2, 0.25) is 5.02 Å². The van der Waals surface area contributed by atoms with Gasteiger partial charge in [0.05, 0.1) is 0 Å². The van der Waals surface area contributed by atoms with Crippen molar-refractivity contribution in [1.82, 2.24) is 4.90 Å². The molecule has 1 amide bonds. The second kappa shape index (κ2) is 8.66. The summed E-state index contributed by atoms with van der Waals surface area (Å²) in [6.07, 6.45) is 7.56. The van der Waals surface area contributed by atoms with Crippen molar-refractivity contribution in [2.75, 3.05) is 18.4 Å². The molecule has 1 heterocycles. The van der Waals surface area contributed by atoms with Crippen LogP contribution >= 0.6 is 11.6 Å². The maximum Gasteiger partial charge on any atom is 0.253 e. The van der Waals surface area contributed by atoms with Crippen molar-refractivity contribution >= 4 is 29.3 Å². The molecule has 1 aliphatic heterocycles. The van der Waals surface area contributed by atoms with Gasteiger partial charge in [-0.15, -0.1) is 0 Å². The summed E-state index contributed by atoms with van der Waals surface area (Å²) in [5.41, 5.74) is 5.23. The molecule has 2 aliphatic rings. The molecule has 0 radical (unpaired) electrons. The van der Waals surface area contributed by atoms with Gasteiger partial charge in [0.25, 0.3) is 5.91 Å². The van der Waals surface area contributed by atoms with Gasteiger partial charge < -0.3 is 10.2 Å². The summed E-state index contributed by atoms with van der Waals surface area (Å²) in [5.74, 6) is -0.0145. The number of carbonyl (C=O) groups is 1. The van der Waals surface area contributed by atoms with E-state index in [4.69, 9.17) is 11.6 Å². The fraction of sp³-hybridized carbons (Fsp3) is 0.292. The van der Waals surface area contributed by atoms with Crippen LogP contribution in [0.15, 0.2) is 71.4 Å². The summed E-state index contributed by atoms with van der Waals surface area (Å²) in [6, 6.07) is 17.7. The van der Waals surface area contributed by atoms with E-state index in [1.807, 2.05) is 24.3 Å². The molecule has 1 aliphatic carbocycles. The topological polar surface area (TPSA) is 32.3 Å². The van der Waals surface area contributed by atoms with E-state index in [0.717, 1.165) is 42.9 Å². The second-order valence-corrected chi connectivity index (χ2v) is 7.86. The van der Waals surface area contributed by atoms with Crippen molar-refractivity contribution in [1.29, 1.82) is 0 Å². The van der Waals surface area contributed by atoms with Crippen LogP contribution in [0.5, 0.6) is 0 Å². The molecule has 0 bridgehead atoms. The first-order valence-electron chi connectivity index (χ1n) is 10.0.